The standard InChI is InChI=1S/C25H21NO5/c27-22(31-15-16-8-2-1-3-9-16)14-21(25(29)30)26-24(28)23-19-12-6-4-10-17(19)18-11-5-7-13-20(18)23/h1-13,21,23H,14-15H2,(H,26,28)(H,29,30)/t21-/m0/s1. The van der Waals surface area contributed by atoms with E-state index in [1.807, 2.05) is 66.7 Å². The number of amides is 1. The summed E-state index contributed by atoms with van der Waals surface area (Å²) in [4.78, 5) is 37.0. The fourth-order valence-corrected chi connectivity index (χ4v) is 3.86. The fourth-order valence-electron chi connectivity index (χ4n) is 3.86. The summed E-state index contributed by atoms with van der Waals surface area (Å²) in [5, 5.41) is 12.1. The monoisotopic (exact) mass is 415 g/mol. The molecule has 2 N–H and O–H groups in total. The van der Waals surface area contributed by atoms with Gasteiger partial charge in [0.25, 0.3) is 0 Å². The van der Waals surface area contributed by atoms with Gasteiger partial charge in [-0.3, -0.25) is 9.59 Å². The van der Waals surface area contributed by atoms with Gasteiger partial charge in [-0.05, 0) is 27.8 Å². The molecule has 4 rings (SSSR count). The van der Waals surface area contributed by atoms with E-state index < -0.39 is 36.2 Å². The molecule has 0 spiro atoms. The lowest BCUT2D eigenvalue weighted by Gasteiger charge is -2.18. The summed E-state index contributed by atoms with van der Waals surface area (Å²) < 4.78 is 5.17. The van der Waals surface area contributed by atoms with E-state index >= 15 is 0 Å². The number of hydrogen-bond acceptors (Lipinski definition) is 4. The normalized spacial score (nSPS) is 13.0. The molecular weight excluding hydrogens is 394 g/mol. The first kappa shape index (κ1) is 20.3. The van der Waals surface area contributed by atoms with E-state index in [4.69, 9.17) is 4.74 Å². The van der Waals surface area contributed by atoms with Crippen molar-refractivity contribution in [2.24, 2.45) is 0 Å². The van der Waals surface area contributed by atoms with E-state index in [-0.39, 0.29) is 6.61 Å². The Morgan fingerprint density at radius 2 is 1.39 bits per heavy atom. The number of carbonyl (C=O) groups excluding carboxylic acids is 2. The number of fused-ring (bicyclic) bond motifs is 3. The Morgan fingerprint density at radius 1 is 0.839 bits per heavy atom. The van der Waals surface area contributed by atoms with Crippen LogP contribution in [0.4, 0.5) is 0 Å². The summed E-state index contributed by atoms with van der Waals surface area (Å²) in [6.07, 6.45) is -0.454. The molecule has 1 aliphatic rings. The molecule has 1 atom stereocenters. The lowest BCUT2D eigenvalue weighted by Crippen LogP contribution is -2.44. The Labute approximate surface area is 179 Å². The molecule has 31 heavy (non-hydrogen) atoms. The zero-order valence-electron chi connectivity index (χ0n) is 16.7. The molecule has 0 bridgehead atoms. The van der Waals surface area contributed by atoms with Crippen LogP contribution in [-0.2, 0) is 25.7 Å². The van der Waals surface area contributed by atoms with Crippen molar-refractivity contribution in [2.75, 3.05) is 0 Å². The van der Waals surface area contributed by atoms with Gasteiger partial charge in [-0.15, -0.1) is 0 Å². The summed E-state index contributed by atoms with van der Waals surface area (Å²) in [6, 6.07) is 22.8. The Hall–Kier alpha value is -3.93. The van der Waals surface area contributed by atoms with Gasteiger partial charge in [-0.25, -0.2) is 4.79 Å². The van der Waals surface area contributed by atoms with Crippen molar-refractivity contribution in [3.05, 3.63) is 95.6 Å². The van der Waals surface area contributed by atoms with Gasteiger partial charge < -0.3 is 15.2 Å². The van der Waals surface area contributed by atoms with E-state index in [2.05, 4.69) is 5.32 Å². The Morgan fingerprint density at radius 3 is 1.97 bits per heavy atom. The maximum absolute atomic E-state index is 13.1. The molecule has 0 saturated heterocycles. The van der Waals surface area contributed by atoms with Crippen molar-refractivity contribution >= 4 is 17.8 Å². The highest BCUT2D eigenvalue weighted by atomic mass is 16.5. The molecule has 0 radical (unpaired) electrons. The lowest BCUT2D eigenvalue weighted by molar-refractivity contribution is -0.151. The third kappa shape index (κ3) is 4.33. The number of esters is 1. The van der Waals surface area contributed by atoms with E-state index in [9.17, 15) is 19.5 Å². The third-order valence-corrected chi connectivity index (χ3v) is 5.32. The van der Waals surface area contributed by atoms with Gasteiger partial charge in [0.1, 0.15) is 12.6 Å². The van der Waals surface area contributed by atoms with E-state index in [0.29, 0.717) is 0 Å². The molecule has 3 aromatic carbocycles. The van der Waals surface area contributed by atoms with Crippen molar-refractivity contribution < 1.29 is 24.2 Å². The van der Waals surface area contributed by atoms with E-state index in [0.717, 1.165) is 27.8 Å². The first-order chi connectivity index (χ1) is 15.0. The number of benzene rings is 3. The van der Waals surface area contributed by atoms with Crippen molar-refractivity contribution in [1.29, 1.82) is 0 Å². The molecule has 0 aliphatic heterocycles. The molecule has 6 nitrogen and oxygen atoms in total. The number of aliphatic carboxylic acids is 1. The number of nitrogens with one attached hydrogen (secondary N) is 1. The van der Waals surface area contributed by atoms with Crippen LogP contribution in [0.5, 0.6) is 0 Å². The third-order valence-electron chi connectivity index (χ3n) is 5.32. The van der Waals surface area contributed by atoms with Gasteiger partial charge in [0.15, 0.2) is 0 Å². The fraction of sp³-hybridized carbons (Fsp3) is 0.160. The highest BCUT2D eigenvalue weighted by Crippen LogP contribution is 2.44. The van der Waals surface area contributed by atoms with Crippen LogP contribution >= 0.6 is 0 Å². The van der Waals surface area contributed by atoms with Crippen LogP contribution in [-0.4, -0.2) is 29.0 Å². The number of hydrogen-bond donors (Lipinski definition) is 2. The molecular formula is C25H21NO5. The van der Waals surface area contributed by atoms with Crippen molar-refractivity contribution in [1.82, 2.24) is 5.32 Å². The van der Waals surface area contributed by atoms with Gasteiger partial charge in [0.05, 0.1) is 12.3 Å². The summed E-state index contributed by atoms with van der Waals surface area (Å²) in [7, 11) is 0. The Bertz CT molecular complexity index is 1080. The number of rotatable bonds is 7. The van der Waals surface area contributed by atoms with Gasteiger partial charge in [-0.1, -0.05) is 78.9 Å². The zero-order valence-corrected chi connectivity index (χ0v) is 16.7. The van der Waals surface area contributed by atoms with E-state index in [1.54, 1.807) is 12.1 Å². The van der Waals surface area contributed by atoms with Gasteiger partial charge >= 0.3 is 11.9 Å². The first-order valence-corrected chi connectivity index (χ1v) is 9.95. The van der Waals surface area contributed by atoms with Crippen LogP contribution < -0.4 is 5.32 Å². The predicted molar refractivity (Wildman–Crippen MR) is 114 cm³/mol. The predicted octanol–water partition coefficient (Wildman–Crippen LogP) is 3.50. The molecule has 1 amide bonds. The highest BCUT2D eigenvalue weighted by Gasteiger charge is 2.35. The molecule has 0 fully saturated rings. The molecule has 6 heteroatoms. The minimum atomic E-state index is -1.38. The number of ether oxygens (including phenoxy) is 1. The number of carbonyl (C=O) groups is 3. The van der Waals surface area contributed by atoms with Crippen LogP contribution in [0.1, 0.15) is 29.0 Å². The van der Waals surface area contributed by atoms with Gasteiger partial charge in [-0.2, -0.15) is 0 Å². The zero-order chi connectivity index (χ0) is 21.8. The van der Waals surface area contributed by atoms with Crippen LogP contribution in [0.2, 0.25) is 0 Å². The first-order valence-electron chi connectivity index (χ1n) is 9.95. The largest absolute Gasteiger partial charge is 0.480 e. The van der Waals surface area contributed by atoms with Crippen LogP contribution in [0, 0.1) is 0 Å². The molecule has 3 aromatic rings. The minimum Gasteiger partial charge on any atom is -0.480 e. The highest BCUT2D eigenvalue weighted by molar-refractivity contribution is 5.98. The van der Waals surface area contributed by atoms with Gasteiger partial charge in [0.2, 0.25) is 5.91 Å². The molecule has 0 aromatic heterocycles. The average Bonchev–Trinajstić information content (AvgIpc) is 3.12. The second-order valence-corrected chi connectivity index (χ2v) is 7.36. The van der Waals surface area contributed by atoms with Crippen molar-refractivity contribution in [3.8, 4) is 11.1 Å². The van der Waals surface area contributed by atoms with Crippen molar-refractivity contribution in [2.45, 2.75) is 25.0 Å². The minimum absolute atomic E-state index is 0.0450. The maximum Gasteiger partial charge on any atom is 0.326 e. The number of carboxylic acids is 1. The van der Waals surface area contributed by atoms with Crippen LogP contribution in [0.25, 0.3) is 11.1 Å². The number of carboxylic acid groups (broad SMARTS) is 1. The average molecular weight is 415 g/mol. The summed E-state index contributed by atoms with van der Waals surface area (Å²) in [5.74, 6) is -3.07. The maximum atomic E-state index is 13.1. The molecule has 0 saturated carbocycles. The second-order valence-electron chi connectivity index (χ2n) is 7.36. The topological polar surface area (TPSA) is 92.7 Å². The quantitative estimate of drug-likeness (QED) is 0.576. The summed E-state index contributed by atoms with van der Waals surface area (Å²) in [6.45, 7) is 0.0450. The summed E-state index contributed by atoms with van der Waals surface area (Å²) in [5.41, 5.74) is 4.33. The lowest BCUT2D eigenvalue weighted by atomic mass is 9.95. The SMILES string of the molecule is O=C(C[C@H](NC(=O)C1c2ccccc2-c2ccccc21)C(=O)O)OCc1ccccc1. The molecule has 156 valence electrons. The summed E-state index contributed by atoms with van der Waals surface area (Å²) >= 11 is 0. The molecule has 0 unspecified atom stereocenters. The van der Waals surface area contributed by atoms with Crippen molar-refractivity contribution in [3.63, 3.8) is 0 Å². The van der Waals surface area contributed by atoms with E-state index in [1.165, 1.54) is 0 Å². The van der Waals surface area contributed by atoms with Gasteiger partial charge in [0, 0.05) is 0 Å². The Kier molecular flexibility index (Phi) is 5.80. The van der Waals surface area contributed by atoms with Crippen LogP contribution in [0.3, 0.4) is 0 Å². The molecule has 0 heterocycles. The van der Waals surface area contributed by atoms with Crippen LogP contribution in [0.15, 0.2) is 78.9 Å². The molecule has 1 aliphatic carbocycles. The smallest absolute Gasteiger partial charge is 0.326 e. The second kappa shape index (κ2) is 8.83. The Balaban J connectivity index is 1.47.